The molecular weight excluding hydrogens is 360 g/mol. The van der Waals surface area contributed by atoms with E-state index in [4.69, 9.17) is 16.3 Å². The van der Waals surface area contributed by atoms with E-state index in [1.165, 1.54) is 0 Å². The molecule has 2 aromatic carbocycles. The van der Waals surface area contributed by atoms with Gasteiger partial charge in [0.05, 0.1) is 11.6 Å². The maximum atomic E-state index is 11.0. The Labute approximate surface area is 164 Å². The molecule has 0 aliphatic carbocycles. The van der Waals surface area contributed by atoms with E-state index in [9.17, 15) is 5.11 Å². The molecule has 1 aromatic heterocycles. The number of aryl methyl sites for hydroxylation is 1. The molecule has 2 N–H and O–H groups in total. The van der Waals surface area contributed by atoms with E-state index in [1.54, 1.807) is 0 Å². The van der Waals surface area contributed by atoms with Crippen molar-refractivity contribution in [3.63, 3.8) is 0 Å². The highest BCUT2D eigenvalue weighted by molar-refractivity contribution is 6.29. The van der Waals surface area contributed by atoms with Crippen LogP contribution in [0.2, 0.25) is 5.15 Å². The van der Waals surface area contributed by atoms with E-state index in [2.05, 4.69) is 22.4 Å². The molecule has 0 amide bonds. The molecule has 0 radical (unpaired) electrons. The number of ether oxygens (including phenoxy) is 1. The molecule has 5 heteroatoms. The molecule has 0 saturated heterocycles. The van der Waals surface area contributed by atoms with Crippen LogP contribution in [0.5, 0.6) is 5.75 Å². The average molecular weight is 383 g/mol. The minimum Gasteiger partial charge on any atom is -0.485 e. The fraction of sp³-hybridized carbons (Fsp3) is 0.318. The van der Waals surface area contributed by atoms with Crippen molar-refractivity contribution in [2.45, 2.75) is 45.1 Å². The number of fused-ring (bicyclic) bond motifs is 2. The molecule has 4 nitrogen and oxygen atoms in total. The lowest BCUT2D eigenvalue weighted by atomic mass is 9.85. The first-order valence-corrected chi connectivity index (χ1v) is 9.48. The molecular formula is C22H23ClN2O2. The highest BCUT2D eigenvalue weighted by Crippen LogP contribution is 2.42. The van der Waals surface area contributed by atoms with E-state index in [0.717, 1.165) is 33.3 Å². The summed E-state index contributed by atoms with van der Waals surface area (Å²) in [5, 5.41) is 15.9. The van der Waals surface area contributed by atoms with Crippen LogP contribution in [0.15, 0.2) is 48.5 Å². The van der Waals surface area contributed by atoms with Gasteiger partial charge in [0.25, 0.3) is 0 Å². The number of rotatable bonds is 3. The molecule has 3 aromatic rings. The Bertz CT molecular complexity index is 989. The topological polar surface area (TPSA) is 54.4 Å². The molecule has 2 atom stereocenters. The molecule has 2 heterocycles. The number of nitrogens with one attached hydrogen (secondary N) is 1. The predicted molar refractivity (Wildman–Crippen MR) is 108 cm³/mol. The van der Waals surface area contributed by atoms with Gasteiger partial charge in [-0.25, -0.2) is 4.98 Å². The molecule has 140 valence electrons. The Hall–Kier alpha value is -2.14. The zero-order chi connectivity index (χ0) is 19.2. The van der Waals surface area contributed by atoms with Gasteiger partial charge in [0, 0.05) is 17.5 Å². The van der Waals surface area contributed by atoms with E-state index < -0.39 is 11.7 Å². The number of halogens is 1. The summed E-state index contributed by atoms with van der Waals surface area (Å²) in [6, 6.07) is 15.7. The third-order valence-electron chi connectivity index (χ3n) is 5.22. The van der Waals surface area contributed by atoms with Crippen molar-refractivity contribution in [1.29, 1.82) is 0 Å². The van der Waals surface area contributed by atoms with Crippen molar-refractivity contribution in [3.05, 3.63) is 70.4 Å². The zero-order valence-electron chi connectivity index (χ0n) is 15.7. The summed E-state index contributed by atoms with van der Waals surface area (Å²) in [7, 11) is 0. The van der Waals surface area contributed by atoms with Gasteiger partial charge in [-0.3, -0.25) is 0 Å². The second-order valence-corrected chi connectivity index (χ2v) is 8.05. The Morgan fingerprint density at radius 1 is 1.19 bits per heavy atom. The number of aliphatic hydroxyl groups is 1. The van der Waals surface area contributed by atoms with Gasteiger partial charge in [0.1, 0.15) is 22.6 Å². The van der Waals surface area contributed by atoms with Crippen molar-refractivity contribution in [2.75, 3.05) is 0 Å². The van der Waals surface area contributed by atoms with Crippen molar-refractivity contribution in [2.24, 2.45) is 0 Å². The van der Waals surface area contributed by atoms with Gasteiger partial charge in [-0.1, -0.05) is 41.9 Å². The number of aromatic nitrogens is 1. The van der Waals surface area contributed by atoms with Crippen LogP contribution < -0.4 is 10.1 Å². The van der Waals surface area contributed by atoms with Crippen LogP contribution >= 0.6 is 11.6 Å². The first kappa shape index (κ1) is 18.2. The Kier molecular flexibility index (Phi) is 4.58. The van der Waals surface area contributed by atoms with Crippen LogP contribution in [0.3, 0.4) is 0 Å². The van der Waals surface area contributed by atoms with Crippen LogP contribution in [0.4, 0.5) is 0 Å². The van der Waals surface area contributed by atoms with Crippen LogP contribution in [0, 0.1) is 6.92 Å². The van der Waals surface area contributed by atoms with Crippen molar-refractivity contribution >= 4 is 22.5 Å². The van der Waals surface area contributed by atoms with Gasteiger partial charge in [-0.2, -0.15) is 0 Å². The van der Waals surface area contributed by atoms with E-state index >= 15 is 0 Å². The van der Waals surface area contributed by atoms with Gasteiger partial charge in [-0.05, 0) is 50.1 Å². The third kappa shape index (κ3) is 3.41. The quantitative estimate of drug-likeness (QED) is 0.652. The Morgan fingerprint density at radius 2 is 1.93 bits per heavy atom. The summed E-state index contributed by atoms with van der Waals surface area (Å²) in [5.74, 6) is 0.774. The minimum atomic E-state index is -0.706. The molecule has 1 aliphatic heterocycles. The lowest BCUT2D eigenvalue weighted by Crippen LogP contribution is -2.52. The number of hydrogen-bond acceptors (Lipinski definition) is 4. The van der Waals surface area contributed by atoms with Crippen LogP contribution in [0.25, 0.3) is 10.9 Å². The number of nitrogens with zero attached hydrogens (tertiary/aromatic N) is 1. The molecule has 0 unspecified atom stereocenters. The third-order valence-corrected chi connectivity index (χ3v) is 5.41. The number of hydrogen-bond donors (Lipinski definition) is 2. The fourth-order valence-corrected chi connectivity index (χ4v) is 3.94. The first-order chi connectivity index (χ1) is 12.8. The van der Waals surface area contributed by atoms with Gasteiger partial charge in [0.2, 0.25) is 0 Å². The van der Waals surface area contributed by atoms with Crippen molar-refractivity contribution in [1.82, 2.24) is 10.3 Å². The van der Waals surface area contributed by atoms with Crippen molar-refractivity contribution in [3.8, 4) is 5.75 Å². The number of aliphatic hydroxyl groups excluding tert-OH is 1. The van der Waals surface area contributed by atoms with Gasteiger partial charge in [0.15, 0.2) is 0 Å². The van der Waals surface area contributed by atoms with Gasteiger partial charge in [-0.15, -0.1) is 0 Å². The maximum absolute atomic E-state index is 11.0. The summed E-state index contributed by atoms with van der Waals surface area (Å²) in [4.78, 5) is 4.46. The molecule has 1 aliphatic rings. The van der Waals surface area contributed by atoms with Crippen molar-refractivity contribution < 1.29 is 9.84 Å². The monoisotopic (exact) mass is 382 g/mol. The first-order valence-electron chi connectivity index (χ1n) is 9.10. The Balaban J connectivity index is 1.78. The molecule has 27 heavy (non-hydrogen) atoms. The van der Waals surface area contributed by atoms with Crippen LogP contribution in [0.1, 0.15) is 36.6 Å². The minimum absolute atomic E-state index is 0.269. The predicted octanol–water partition coefficient (Wildman–Crippen LogP) is 4.56. The smallest absolute Gasteiger partial charge is 0.131 e. The van der Waals surface area contributed by atoms with E-state index in [-0.39, 0.29) is 6.04 Å². The molecule has 0 spiro atoms. The second kappa shape index (κ2) is 6.79. The summed E-state index contributed by atoms with van der Waals surface area (Å²) in [6.07, 6.45) is -0.702. The molecule has 0 saturated carbocycles. The SMILES string of the molecule is Cc1cc(Cl)nc2cc3c(cc12)OC(C)(C)[C@H](O)[C@H]3NCc1ccccc1. The maximum Gasteiger partial charge on any atom is 0.131 e. The largest absolute Gasteiger partial charge is 0.485 e. The standard InChI is InChI=1S/C22H23ClN2O2/c1-13-9-19(23)25-17-10-16-18(11-15(13)17)27-22(2,3)21(26)20(16)24-12-14-7-5-4-6-8-14/h4-11,20-21,24,26H,12H2,1-3H3/t20-,21+/m0/s1. The van der Waals surface area contributed by atoms with E-state index in [1.807, 2.05) is 57.2 Å². The average Bonchev–Trinajstić information content (AvgIpc) is 2.62. The lowest BCUT2D eigenvalue weighted by molar-refractivity contribution is -0.0647. The molecule has 0 fully saturated rings. The summed E-state index contributed by atoms with van der Waals surface area (Å²) < 4.78 is 6.16. The highest BCUT2D eigenvalue weighted by Gasteiger charge is 2.43. The van der Waals surface area contributed by atoms with Gasteiger partial charge >= 0.3 is 0 Å². The van der Waals surface area contributed by atoms with Crippen LogP contribution in [-0.2, 0) is 6.54 Å². The fourth-order valence-electron chi connectivity index (χ4n) is 3.69. The molecule has 4 rings (SSSR count). The van der Waals surface area contributed by atoms with Crippen LogP contribution in [-0.4, -0.2) is 21.8 Å². The summed E-state index contributed by atoms with van der Waals surface area (Å²) in [5.41, 5.74) is 3.21. The second-order valence-electron chi connectivity index (χ2n) is 7.66. The number of benzene rings is 2. The van der Waals surface area contributed by atoms with Gasteiger partial charge < -0.3 is 15.2 Å². The van der Waals surface area contributed by atoms with E-state index in [0.29, 0.717) is 11.7 Å². The highest BCUT2D eigenvalue weighted by atomic mass is 35.5. The summed E-state index contributed by atoms with van der Waals surface area (Å²) in [6.45, 7) is 6.48. The Morgan fingerprint density at radius 3 is 2.67 bits per heavy atom. The number of pyridine rings is 1. The lowest BCUT2D eigenvalue weighted by Gasteiger charge is -2.42. The normalized spacial score (nSPS) is 20.9. The zero-order valence-corrected chi connectivity index (χ0v) is 16.4. The summed E-state index contributed by atoms with van der Waals surface area (Å²) >= 11 is 6.15. The molecule has 0 bridgehead atoms.